The van der Waals surface area contributed by atoms with E-state index in [0.717, 1.165) is 0 Å². The molecule has 0 bridgehead atoms. The van der Waals surface area contributed by atoms with E-state index in [1.807, 2.05) is 6.07 Å². The molecule has 156 valence electrons. The molecule has 12 heteroatoms. The van der Waals surface area contributed by atoms with Gasteiger partial charge in [0.25, 0.3) is 11.8 Å². The molecule has 0 aliphatic heterocycles. The molecule has 0 aromatic carbocycles. The summed E-state index contributed by atoms with van der Waals surface area (Å²) in [7, 11) is 1.64. The van der Waals surface area contributed by atoms with Crippen molar-refractivity contribution in [2.24, 2.45) is 12.8 Å². The lowest BCUT2D eigenvalue weighted by Gasteiger charge is -2.36. The number of aryl methyl sites for hydroxylation is 1. The monoisotopic (exact) mass is 432 g/mol. The van der Waals surface area contributed by atoms with Crippen LogP contribution in [0.5, 0.6) is 0 Å². The molecule has 4 rings (SSSR count). The van der Waals surface area contributed by atoms with Crippen LogP contribution in [0.4, 0.5) is 20.3 Å². The number of carbonyl (C=O) groups is 1. The minimum Gasteiger partial charge on any atom is -0.364 e. The van der Waals surface area contributed by atoms with E-state index in [-0.39, 0.29) is 29.2 Å². The molecule has 0 unspecified atom stereocenters. The van der Waals surface area contributed by atoms with E-state index in [2.05, 4.69) is 25.7 Å². The Bertz CT molecular complexity index is 1150. The molecule has 1 aliphatic rings. The van der Waals surface area contributed by atoms with Gasteiger partial charge < -0.3 is 16.4 Å². The molecule has 30 heavy (non-hydrogen) atoms. The third-order valence-corrected chi connectivity index (χ3v) is 5.87. The van der Waals surface area contributed by atoms with Crippen molar-refractivity contribution >= 4 is 39.1 Å². The van der Waals surface area contributed by atoms with Crippen LogP contribution >= 0.6 is 11.3 Å². The predicted molar refractivity (Wildman–Crippen MR) is 107 cm³/mol. The smallest absolute Gasteiger partial charge is 0.264 e. The highest BCUT2D eigenvalue weighted by Crippen LogP contribution is 2.34. The fraction of sp³-hybridized carbons (Fsp3) is 0.389. The Labute approximate surface area is 173 Å². The third kappa shape index (κ3) is 3.69. The zero-order chi connectivity index (χ0) is 21.5. The quantitative estimate of drug-likeness (QED) is 0.576. The Kier molecular flexibility index (Phi) is 5.08. The molecular weight excluding hydrogens is 414 g/mol. The molecule has 3 aromatic heterocycles. The predicted octanol–water partition coefficient (Wildman–Crippen LogP) is 2.48. The summed E-state index contributed by atoms with van der Waals surface area (Å²) in [5.74, 6) is -3.14. The van der Waals surface area contributed by atoms with Crippen molar-refractivity contribution in [1.29, 1.82) is 5.26 Å². The van der Waals surface area contributed by atoms with E-state index in [0.29, 0.717) is 23.2 Å². The van der Waals surface area contributed by atoms with Gasteiger partial charge in [0.2, 0.25) is 0 Å². The van der Waals surface area contributed by atoms with Crippen molar-refractivity contribution in [2.45, 2.75) is 37.3 Å². The van der Waals surface area contributed by atoms with Gasteiger partial charge in [-0.05, 0) is 12.8 Å². The number of carbonyl (C=O) groups excluding carboxylic acids is 1. The molecule has 4 N–H and O–H groups in total. The molecule has 2 atom stereocenters. The molecule has 0 spiro atoms. The van der Waals surface area contributed by atoms with Crippen molar-refractivity contribution in [1.82, 2.24) is 19.7 Å². The maximum atomic E-state index is 13.9. The van der Waals surface area contributed by atoms with Crippen molar-refractivity contribution < 1.29 is 13.6 Å². The summed E-state index contributed by atoms with van der Waals surface area (Å²) in [5, 5.41) is 20.3. The molecule has 9 nitrogen and oxygen atoms in total. The van der Waals surface area contributed by atoms with Gasteiger partial charge in [-0.3, -0.25) is 9.48 Å². The minimum absolute atomic E-state index is 0.0889. The van der Waals surface area contributed by atoms with Gasteiger partial charge >= 0.3 is 0 Å². The first-order valence-corrected chi connectivity index (χ1v) is 10.1. The Balaban J connectivity index is 1.58. The highest BCUT2D eigenvalue weighted by Gasteiger charge is 2.44. The molecule has 1 amide bonds. The maximum absolute atomic E-state index is 13.9. The number of hydrogen-bond donors (Lipinski definition) is 3. The number of halogens is 2. The largest absolute Gasteiger partial charge is 0.364 e. The van der Waals surface area contributed by atoms with E-state index >= 15 is 0 Å². The average Bonchev–Trinajstić information content (AvgIpc) is 3.28. The van der Waals surface area contributed by atoms with Crippen LogP contribution < -0.4 is 16.4 Å². The van der Waals surface area contributed by atoms with Gasteiger partial charge in [-0.25, -0.2) is 18.7 Å². The van der Waals surface area contributed by atoms with Crippen molar-refractivity contribution in [3.63, 3.8) is 0 Å². The van der Waals surface area contributed by atoms with Gasteiger partial charge in [-0.15, -0.1) is 11.3 Å². The van der Waals surface area contributed by atoms with Crippen LogP contribution in [-0.4, -0.2) is 43.7 Å². The summed E-state index contributed by atoms with van der Waals surface area (Å²) in [6.45, 7) is 0. The lowest BCUT2D eigenvalue weighted by Crippen LogP contribution is -2.55. The van der Waals surface area contributed by atoms with Crippen LogP contribution in [0.1, 0.15) is 35.3 Å². The Hall–Kier alpha value is -3.17. The second-order valence-electron chi connectivity index (χ2n) is 7.12. The summed E-state index contributed by atoms with van der Waals surface area (Å²) in [6, 6.07) is -0.0634. The summed E-state index contributed by atoms with van der Waals surface area (Å²) < 4.78 is 29.2. The topological polar surface area (TPSA) is 135 Å². The number of hydrogen-bond acceptors (Lipinski definition) is 8. The van der Waals surface area contributed by atoms with Crippen molar-refractivity contribution in [3.8, 4) is 6.07 Å². The zero-order valence-corrected chi connectivity index (χ0v) is 16.7. The van der Waals surface area contributed by atoms with Crippen molar-refractivity contribution in [3.05, 3.63) is 29.0 Å². The maximum Gasteiger partial charge on any atom is 0.264 e. The van der Waals surface area contributed by atoms with Gasteiger partial charge in [0, 0.05) is 31.1 Å². The van der Waals surface area contributed by atoms with E-state index < -0.39 is 23.9 Å². The van der Waals surface area contributed by atoms with Gasteiger partial charge in [0.15, 0.2) is 5.69 Å². The second-order valence-corrected chi connectivity index (χ2v) is 7.98. The molecule has 0 radical (unpaired) electrons. The van der Waals surface area contributed by atoms with Crippen LogP contribution in [0.15, 0.2) is 17.8 Å². The number of nitrogens with zero attached hydrogens (tertiary/aromatic N) is 5. The van der Waals surface area contributed by atoms with E-state index in [4.69, 9.17) is 11.0 Å². The fourth-order valence-corrected chi connectivity index (χ4v) is 4.27. The molecule has 3 heterocycles. The van der Waals surface area contributed by atoms with Crippen molar-refractivity contribution in [2.75, 3.05) is 10.6 Å². The van der Waals surface area contributed by atoms with E-state index in [1.165, 1.54) is 28.4 Å². The number of nitriles is 1. The van der Waals surface area contributed by atoms with Gasteiger partial charge in [-0.1, -0.05) is 0 Å². The number of fused-ring (bicyclic) bond motifs is 1. The third-order valence-electron chi connectivity index (χ3n) is 4.99. The Morgan fingerprint density at radius 1 is 1.50 bits per heavy atom. The molecular formula is C18H18F2N8OS. The summed E-state index contributed by atoms with van der Waals surface area (Å²) in [4.78, 5) is 22.0. The molecule has 3 aromatic rings. The molecule has 0 saturated heterocycles. The number of alkyl halides is 2. The lowest BCUT2D eigenvalue weighted by molar-refractivity contribution is -0.0554. The van der Waals surface area contributed by atoms with Crippen LogP contribution in [0.3, 0.4) is 0 Å². The SMILES string of the molecule is Cn1cc(NC(=O)c2csc3ncc(N[C@@H]4CCCC(F)(F)[C@@H]4N)nc23)c(C#N)n1. The highest BCUT2D eigenvalue weighted by atomic mass is 32.1. The summed E-state index contributed by atoms with van der Waals surface area (Å²) >= 11 is 1.23. The summed E-state index contributed by atoms with van der Waals surface area (Å²) in [5.41, 5.74) is 6.70. The standard InChI is InChI=1S/C18H18F2N8OS/c1-28-7-12(11(5-21)27-28)25-16(29)9-8-30-17-14(9)26-13(6-23-17)24-10-3-2-4-18(19,20)15(10)22/h6-8,10,15H,2-4,22H2,1H3,(H,24,26)(H,25,29)/t10-,15-/m1/s1. The van der Waals surface area contributed by atoms with Crippen LogP contribution in [0, 0.1) is 11.3 Å². The van der Waals surface area contributed by atoms with Crippen LogP contribution in [0.2, 0.25) is 0 Å². The number of aromatic nitrogens is 4. The lowest BCUT2D eigenvalue weighted by atomic mass is 9.87. The Morgan fingerprint density at radius 2 is 2.30 bits per heavy atom. The first kappa shape index (κ1) is 20.1. The number of rotatable bonds is 4. The number of amides is 1. The van der Waals surface area contributed by atoms with Gasteiger partial charge in [0.1, 0.15) is 22.2 Å². The number of nitrogens with two attached hydrogens (primary N) is 1. The van der Waals surface area contributed by atoms with Gasteiger partial charge in [-0.2, -0.15) is 10.4 Å². The summed E-state index contributed by atoms with van der Waals surface area (Å²) in [6.07, 6.45) is 3.58. The van der Waals surface area contributed by atoms with Crippen LogP contribution in [0.25, 0.3) is 10.3 Å². The zero-order valence-electron chi connectivity index (χ0n) is 15.9. The second kappa shape index (κ2) is 7.58. The Morgan fingerprint density at radius 3 is 3.07 bits per heavy atom. The molecule has 1 fully saturated rings. The van der Waals surface area contributed by atoms with E-state index in [9.17, 15) is 13.6 Å². The molecule has 1 aliphatic carbocycles. The minimum atomic E-state index is -2.94. The number of anilines is 2. The number of nitrogens with one attached hydrogen (secondary N) is 2. The van der Waals surface area contributed by atoms with E-state index in [1.54, 1.807) is 12.4 Å². The fourth-order valence-electron chi connectivity index (χ4n) is 3.44. The first-order chi connectivity index (χ1) is 14.3. The molecule has 1 saturated carbocycles. The number of thiophene rings is 1. The first-order valence-electron chi connectivity index (χ1n) is 9.18. The highest BCUT2D eigenvalue weighted by molar-refractivity contribution is 7.17. The van der Waals surface area contributed by atoms with Gasteiger partial charge in [0.05, 0.1) is 23.5 Å². The normalized spacial score (nSPS) is 20.6. The average molecular weight is 432 g/mol. The van der Waals surface area contributed by atoms with Crippen LogP contribution in [-0.2, 0) is 7.05 Å².